The van der Waals surface area contributed by atoms with Gasteiger partial charge in [-0.15, -0.1) is 0 Å². The normalized spacial score (nSPS) is 11.1. The van der Waals surface area contributed by atoms with Crippen LogP contribution >= 0.6 is 11.3 Å². The van der Waals surface area contributed by atoms with Crippen LogP contribution in [0.1, 0.15) is 5.56 Å². The Balaban J connectivity index is 1.86. The van der Waals surface area contributed by atoms with Gasteiger partial charge in [0.15, 0.2) is 0 Å². The third-order valence-corrected chi connectivity index (χ3v) is 3.75. The molecule has 3 rings (SSSR count). The number of rotatable bonds is 3. The summed E-state index contributed by atoms with van der Waals surface area (Å²) in [5.41, 5.74) is 9.27. The molecule has 0 aliphatic heterocycles. The minimum atomic E-state index is 0.827. The number of hydrogen-bond acceptors (Lipinski definition) is 2. The zero-order valence-electron chi connectivity index (χ0n) is 9.47. The molecule has 1 aromatic carbocycles. The molecule has 0 amide bonds. The lowest BCUT2D eigenvalue weighted by atomic mass is 10.2. The van der Waals surface area contributed by atoms with E-state index < -0.39 is 0 Å². The van der Waals surface area contributed by atoms with Crippen LogP contribution in [0, 0.1) is 0 Å². The molecule has 86 valence electrons. The Kier molecular flexibility index (Phi) is 2.61. The van der Waals surface area contributed by atoms with E-state index in [1.165, 1.54) is 16.5 Å². The number of nitrogens with zero attached hydrogens (tertiary/aromatic N) is 1. The van der Waals surface area contributed by atoms with Crippen LogP contribution in [-0.4, -0.2) is 4.57 Å². The minimum absolute atomic E-state index is 0.827. The Morgan fingerprint density at radius 1 is 1.18 bits per heavy atom. The van der Waals surface area contributed by atoms with Crippen molar-refractivity contribution in [3.8, 4) is 0 Å². The van der Waals surface area contributed by atoms with Gasteiger partial charge in [0.1, 0.15) is 0 Å². The number of anilines is 1. The number of fused-ring (bicyclic) bond motifs is 1. The van der Waals surface area contributed by atoms with Gasteiger partial charge in [0.05, 0.1) is 0 Å². The molecule has 0 radical (unpaired) electrons. The number of hydrogen-bond donors (Lipinski definition) is 1. The Labute approximate surface area is 104 Å². The highest BCUT2D eigenvalue weighted by Gasteiger charge is 2.01. The van der Waals surface area contributed by atoms with Gasteiger partial charge in [-0.05, 0) is 53.1 Å². The van der Waals surface area contributed by atoms with Crippen molar-refractivity contribution >= 4 is 27.9 Å². The van der Waals surface area contributed by atoms with Gasteiger partial charge in [0.2, 0.25) is 0 Å². The molecule has 2 aromatic heterocycles. The zero-order valence-corrected chi connectivity index (χ0v) is 10.3. The van der Waals surface area contributed by atoms with Crippen molar-refractivity contribution in [2.24, 2.45) is 0 Å². The van der Waals surface area contributed by atoms with Gasteiger partial charge >= 0.3 is 0 Å². The summed E-state index contributed by atoms with van der Waals surface area (Å²) in [7, 11) is 0. The van der Waals surface area contributed by atoms with E-state index in [0.717, 1.165) is 18.7 Å². The molecule has 3 aromatic rings. The minimum Gasteiger partial charge on any atom is -0.399 e. The number of aryl methyl sites for hydroxylation is 2. The molecule has 17 heavy (non-hydrogen) atoms. The van der Waals surface area contributed by atoms with Crippen molar-refractivity contribution in [2.75, 3.05) is 5.73 Å². The Hall–Kier alpha value is -1.74. The van der Waals surface area contributed by atoms with E-state index in [-0.39, 0.29) is 0 Å². The maximum Gasteiger partial charge on any atom is 0.0481 e. The average Bonchev–Trinajstić information content (AvgIpc) is 2.94. The molecular formula is C14H14N2S. The summed E-state index contributed by atoms with van der Waals surface area (Å²) >= 11 is 1.76. The van der Waals surface area contributed by atoms with Gasteiger partial charge in [-0.3, -0.25) is 0 Å². The van der Waals surface area contributed by atoms with E-state index in [1.54, 1.807) is 11.3 Å². The van der Waals surface area contributed by atoms with E-state index >= 15 is 0 Å². The highest BCUT2D eigenvalue weighted by Crippen LogP contribution is 2.19. The quantitative estimate of drug-likeness (QED) is 0.700. The number of aromatic nitrogens is 1. The first-order valence-corrected chi connectivity index (χ1v) is 6.63. The fourth-order valence-corrected chi connectivity index (χ4v) is 2.80. The highest BCUT2D eigenvalue weighted by atomic mass is 32.1. The van der Waals surface area contributed by atoms with E-state index in [4.69, 9.17) is 5.73 Å². The fourth-order valence-electron chi connectivity index (χ4n) is 2.10. The zero-order chi connectivity index (χ0) is 11.7. The van der Waals surface area contributed by atoms with Crippen LogP contribution in [0.3, 0.4) is 0 Å². The fraction of sp³-hybridized carbons (Fsp3) is 0.143. The van der Waals surface area contributed by atoms with Gasteiger partial charge in [0.25, 0.3) is 0 Å². The summed E-state index contributed by atoms with van der Waals surface area (Å²) in [5.74, 6) is 0. The average molecular weight is 242 g/mol. The largest absolute Gasteiger partial charge is 0.399 e. The lowest BCUT2D eigenvalue weighted by Crippen LogP contribution is -1.98. The second kappa shape index (κ2) is 4.26. The summed E-state index contributed by atoms with van der Waals surface area (Å²) in [4.78, 5) is 0. The summed E-state index contributed by atoms with van der Waals surface area (Å²) < 4.78 is 2.28. The molecule has 0 spiro atoms. The molecule has 0 aliphatic carbocycles. The molecule has 0 saturated carbocycles. The molecule has 0 bridgehead atoms. The van der Waals surface area contributed by atoms with Gasteiger partial charge in [0, 0.05) is 29.3 Å². The number of benzene rings is 1. The van der Waals surface area contributed by atoms with E-state index in [0.29, 0.717) is 0 Å². The number of nitrogen functional groups attached to an aromatic ring is 1. The second-order valence-corrected chi connectivity index (χ2v) is 4.99. The van der Waals surface area contributed by atoms with Crippen LogP contribution in [0.4, 0.5) is 5.69 Å². The summed E-state index contributed by atoms with van der Waals surface area (Å²) in [6.07, 6.45) is 3.22. The van der Waals surface area contributed by atoms with Crippen LogP contribution in [0.5, 0.6) is 0 Å². The van der Waals surface area contributed by atoms with E-state index in [2.05, 4.69) is 39.7 Å². The first-order chi connectivity index (χ1) is 8.33. The molecule has 3 heteroatoms. The van der Waals surface area contributed by atoms with Crippen LogP contribution in [-0.2, 0) is 13.0 Å². The van der Waals surface area contributed by atoms with Gasteiger partial charge in [-0.2, -0.15) is 11.3 Å². The first-order valence-electron chi connectivity index (χ1n) is 5.68. The molecule has 0 atom stereocenters. The van der Waals surface area contributed by atoms with E-state index in [9.17, 15) is 0 Å². The van der Waals surface area contributed by atoms with Crippen molar-refractivity contribution in [3.63, 3.8) is 0 Å². The van der Waals surface area contributed by atoms with Gasteiger partial charge < -0.3 is 10.3 Å². The molecule has 0 fully saturated rings. The SMILES string of the molecule is Nc1ccc2c(ccn2CCc2ccsc2)c1. The molecule has 2 nitrogen and oxygen atoms in total. The molecular weight excluding hydrogens is 228 g/mol. The van der Waals surface area contributed by atoms with E-state index in [1.807, 2.05) is 12.1 Å². The molecule has 2 heterocycles. The Morgan fingerprint density at radius 2 is 2.12 bits per heavy atom. The Bertz CT molecular complexity index is 623. The maximum atomic E-state index is 5.78. The third-order valence-electron chi connectivity index (χ3n) is 3.02. The van der Waals surface area contributed by atoms with Crippen molar-refractivity contribution in [1.29, 1.82) is 0 Å². The highest BCUT2D eigenvalue weighted by molar-refractivity contribution is 7.07. The van der Waals surface area contributed by atoms with Crippen LogP contribution in [0.25, 0.3) is 10.9 Å². The molecule has 0 unspecified atom stereocenters. The second-order valence-electron chi connectivity index (χ2n) is 4.21. The standard InChI is InChI=1S/C14H14N2S/c15-13-1-2-14-12(9-13)4-7-16(14)6-3-11-5-8-17-10-11/h1-2,4-5,7-10H,3,6,15H2. The van der Waals surface area contributed by atoms with Crippen LogP contribution < -0.4 is 5.73 Å². The summed E-state index contributed by atoms with van der Waals surface area (Å²) in [6, 6.07) is 10.4. The number of nitrogens with two attached hydrogens (primary N) is 1. The smallest absolute Gasteiger partial charge is 0.0481 e. The molecule has 0 saturated heterocycles. The predicted octanol–water partition coefficient (Wildman–Crippen LogP) is 3.53. The van der Waals surface area contributed by atoms with Crippen LogP contribution in [0.15, 0.2) is 47.3 Å². The predicted molar refractivity (Wildman–Crippen MR) is 74.4 cm³/mol. The monoisotopic (exact) mass is 242 g/mol. The van der Waals surface area contributed by atoms with Crippen LogP contribution in [0.2, 0.25) is 0 Å². The molecule has 0 aliphatic rings. The summed E-state index contributed by atoms with van der Waals surface area (Å²) in [6.45, 7) is 1.02. The van der Waals surface area contributed by atoms with Gasteiger partial charge in [-0.1, -0.05) is 0 Å². The Morgan fingerprint density at radius 3 is 2.94 bits per heavy atom. The maximum absolute atomic E-state index is 5.78. The lowest BCUT2D eigenvalue weighted by Gasteiger charge is -2.04. The van der Waals surface area contributed by atoms with Crippen molar-refractivity contribution in [1.82, 2.24) is 4.57 Å². The number of thiophene rings is 1. The first kappa shape index (κ1) is 10.4. The lowest BCUT2D eigenvalue weighted by molar-refractivity contribution is 0.724. The van der Waals surface area contributed by atoms with Gasteiger partial charge in [-0.25, -0.2) is 0 Å². The summed E-state index contributed by atoms with van der Waals surface area (Å²) in [5, 5.41) is 5.56. The van der Waals surface area contributed by atoms with Crippen molar-refractivity contribution in [2.45, 2.75) is 13.0 Å². The van der Waals surface area contributed by atoms with Crippen molar-refractivity contribution in [3.05, 3.63) is 52.9 Å². The van der Waals surface area contributed by atoms with Crippen molar-refractivity contribution < 1.29 is 0 Å². The third kappa shape index (κ3) is 2.06. The molecule has 2 N–H and O–H groups in total. The topological polar surface area (TPSA) is 30.9 Å².